The molecule has 0 heterocycles. The van der Waals surface area contributed by atoms with Crippen molar-refractivity contribution in [2.45, 2.75) is 155 Å². The van der Waals surface area contributed by atoms with Gasteiger partial charge in [-0.1, -0.05) is 124 Å². The highest BCUT2D eigenvalue weighted by molar-refractivity contribution is 5.48. The van der Waals surface area contributed by atoms with Gasteiger partial charge in [0.1, 0.15) is 11.5 Å². The van der Waals surface area contributed by atoms with Crippen molar-refractivity contribution in [2.75, 3.05) is 0 Å². The van der Waals surface area contributed by atoms with Crippen molar-refractivity contribution >= 4 is 0 Å². The zero-order valence-electron chi connectivity index (χ0n) is 21.9. The molecular formula is C30H54O2. The van der Waals surface area contributed by atoms with E-state index in [-0.39, 0.29) is 0 Å². The lowest BCUT2D eigenvalue weighted by atomic mass is 9.86. The molecule has 0 aliphatic heterocycles. The van der Waals surface area contributed by atoms with Gasteiger partial charge >= 0.3 is 0 Å². The molecule has 0 bridgehead atoms. The molecule has 0 spiro atoms. The number of unbranched alkanes of at least 4 members (excludes halogenated alkanes) is 13. The Hall–Kier alpha value is -1.18. The summed E-state index contributed by atoms with van der Waals surface area (Å²) >= 11 is 0. The molecule has 2 nitrogen and oxygen atoms in total. The molecule has 0 radical (unpaired) electrons. The fourth-order valence-electron chi connectivity index (χ4n) is 5.00. The van der Waals surface area contributed by atoms with Gasteiger partial charge in [0.25, 0.3) is 0 Å². The number of benzene rings is 1. The predicted octanol–water partition coefficient (Wildman–Crippen LogP) is 10.4. The zero-order chi connectivity index (χ0) is 23.6. The van der Waals surface area contributed by atoms with Crippen molar-refractivity contribution < 1.29 is 10.2 Å². The van der Waals surface area contributed by atoms with Crippen molar-refractivity contribution in [1.82, 2.24) is 0 Å². The van der Waals surface area contributed by atoms with E-state index < -0.39 is 0 Å². The Kier molecular flexibility index (Phi) is 16.5. The molecule has 1 rings (SSSR count). The van der Waals surface area contributed by atoms with Crippen LogP contribution in [0.5, 0.6) is 11.5 Å². The van der Waals surface area contributed by atoms with Gasteiger partial charge in [-0.15, -0.1) is 0 Å². The Morgan fingerprint density at radius 1 is 0.562 bits per heavy atom. The Labute approximate surface area is 200 Å². The summed E-state index contributed by atoms with van der Waals surface area (Å²) in [6.45, 7) is 8.91. The van der Waals surface area contributed by atoms with E-state index in [9.17, 15) is 10.2 Å². The maximum atomic E-state index is 10.8. The fourth-order valence-corrected chi connectivity index (χ4v) is 5.00. The molecule has 2 heteroatoms. The van der Waals surface area contributed by atoms with E-state index in [4.69, 9.17) is 0 Å². The second-order valence-corrected chi connectivity index (χ2v) is 10.1. The molecule has 0 fully saturated rings. The normalized spacial score (nSPS) is 13.4. The van der Waals surface area contributed by atoms with Crippen LogP contribution in [0.15, 0.2) is 12.1 Å². The van der Waals surface area contributed by atoms with Crippen LogP contribution in [0.25, 0.3) is 0 Å². The topological polar surface area (TPSA) is 40.5 Å². The van der Waals surface area contributed by atoms with Gasteiger partial charge in [0.05, 0.1) is 0 Å². The average Bonchev–Trinajstić information content (AvgIpc) is 2.79. The number of phenolic OH excluding ortho intramolecular Hbond substituents is 2. The van der Waals surface area contributed by atoms with Gasteiger partial charge in [-0.05, 0) is 43.2 Å². The van der Waals surface area contributed by atoms with Gasteiger partial charge in [-0.2, -0.15) is 0 Å². The van der Waals surface area contributed by atoms with Crippen LogP contribution in [0.3, 0.4) is 0 Å². The summed E-state index contributed by atoms with van der Waals surface area (Å²) in [7, 11) is 0. The Morgan fingerprint density at radius 3 is 1.47 bits per heavy atom. The highest BCUT2D eigenvalue weighted by atomic mass is 16.3. The fraction of sp³-hybridized carbons (Fsp3) is 0.800. The number of rotatable bonds is 20. The van der Waals surface area contributed by atoms with Crippen LogP contribution >= 0.6 is 0 Å². The summed E-state index contributed by atoms with van der Waals surface area (Å²) in [5.74, 6) is 1.39. The minimum Gasteiger partial charge on any atom is -0.508 e. The number of aromatic hydroxyl groups is 2. The Bertz CT molecular complexity index is 580. The quantitative estimate of drug-likeness (QED) is 0.154. The van der Waals surface area contributed by atoms with Crippen LogP contribution in [0.2, 0.25) is 0 Å². The summed E-state index contributed by atoms with van der Waals surface area (Å²) in [5.41, 5.74) is 1.86. The standard InChI is InChI=1S/C30H54O2/c1-5-8-10-12-14-16-17-19-21-25(4)27-23-30(32)28(24-29(27)31)26(7-3)22-20-18-15-13-11-9-6-2/h23-26,31-32H,5-22H2,1-4H3. The first-order valence-corrected chi connectivity index (χ1v) is 14.1. The van der Waals surface area contributed by atoms with Gasteiger partial charge in [-0.3, -0.25) is 0 Å². The third-order valence-electron chi connectivity index (χ3n) is 7.29. The third kappa shape index (κ3) is 11.6. The molecule has 0 saturated heterocycles. The minimum absolute atomic E-state index is 0.290. The first-order valence-electron chi connectivity index (χ1n) is 14.1. The van der Waals surface area contributed by atoms with E-state index >= 15 is 0 Å². The highest BCUT2D eigenvalue weighted by Gasteiger charge is 2.19. The van der Waals surface area contributed by atoms with E-state index in [1.807, 2.05) is 12.1 Å². The van der Waals surface area contributed by atoms with Gasteiger partial charge in [0, 0.05) is 11.1 Å². The summed E-state index contributed by atoms with van der Waals surface area (Å²) in [6, 6.07) is 3.72. The molecule has 0 aliphatic rings. The molecule has 186 valence electrons. The summed E-state index contributed by atoms with van der Waals surface area (Å²) in [6.07, 6.45) is 23.0. The van der Waals surface area contributed by atoms with E-state index in [0.29, 0.717) is 23.3 Å². The second-order valence-electron chi connectivity index (χ2n) is 10.1. The van der Waals surface area contributed by atoms with Gasteiger partial charge < -0.3 is 10.2 Å². The van der Waals surface area contributed by atoms with E-state index in [2.05, 4.69) is 27.7 Å². The molecule has 0 aromatic heterocycles. The van der Waals surface area contributed by atoms with Crippen LogP contribution < -0.4 is 0 Å². The Morgan fingerprint density at radius 2 is 0.969 bits per heavy atom. The van der Waals surface area contributed by atoms with Crippen LogP contribution in [0.4, 0.5) is 0 Å². The largest absolute Gasteiger partial charge is 0.508 e. The van der Waals surface area contributed by atoms with Crippen LogP contribution in [-0.4, -0.2) is 10.2 Å². The molecule has 32 heavy (non-hydrogen) atoms. The van der Waals surface area contributed by atoms with Crippen molar-refractivity contribution in [3.63, 3.8) is 0 Å². The summed E-state index contributed by atoms with van der Waals surface area (Å²) < 4.78 is 0. The molecular weight excluding hydrogens is 392 g/mol. The maximum Gasteiger partial charge on any atom is 0.119 e. The highest BCUT2D eigenvalue weighted by Crippen LogP contribution is 2.40. The molecule has 2 unspecified atom stereocenters. The van der Waals surface area contributed by atoms with Crippen molar-refractivity contribution in [2.24, 2.45) is 0 Å². The first-order chi connectivity index (χ1) is 15.5. The molecule has 1 aromatic rings. The number of hydrogen-bond donors (Lipinski definition) is 2. The lowest BCUT2D eigenvalue weighted by Gasteiger charge is -2.20. The predicted molar refractivity (Wildman–Crippen MR) is 141 cm³/mol. The SMILES string of the molecule is CCCCCCCCCCC(C)c1cc(O)c(C(CC)CCCCCCCCC)cc1O. The zero-order valence-corrected chi connectivity index (χ0v) is 21.9. The van der Waals surface area contributed by atoms with Crippen LogP contribution in [0, 0.1) is 0 Å². The van der Waals surface area contributed by atoms with Gasteiger partial charge in [0.2, 0.25) is 0 Å². The molecule has 1 aromatic carbocycles. The van der Waals surface area contributed by atoms with E-state index in [1.165, 1.54) is 96.3 Å². The third-order valence-corrected chi connectivity index (χ3v) is 7.29. The van der Waals surface area contributed by atoms with Gasteiger partial charge in [-0.25, -0.2) is 0 Å². The molecule has 0 aliphatic carbocycles. The monoisotopic (exact) mass is 446 g/mol. The summed E-state index contributed by atoms with van der Waals surface area (Å²) in [5, 5.41) is 21.5. The second kappa shape index (κ2) is 18.3. The lowest BCUT2D eigenvalue weighted by Crippen LogP contribution is -2.01. The van der Waals surface area contributed by atoms with E-state index in [1.54, 1.807) is 0 Å². The number of hydrogen-bond acceptors (Lipinski definition) is 2. The molecule has 0 saturated carbocycles. The van der Waals surface area contributed by atoms with E-state index in [0.717, 1.165) is 30.4 Å². The molecule has 0 amide bonds. The van der Waals surface area contributed by atoms with Crippen molar-refractivity contribution in [3.8, 4) is 11.5 Å². The Balaban J connectivity index is 2.46. The maximum absolute atomic E-state index is 10.8. The number of phenols is 2. The van der Waals surface area contributed by atoms with Gasteiger partial charge in [0.15, 0.2) is 0 Å². The molecule has 2 N–H and O–H groups in total. The van der Waals surface area contributed by atoms with Crippen LogP contribution in [-0.2, 0) is 0 Å². The summed E-state index contributed by atoms with van der Waals surface area (Å²) in [4.78, 5) is 0. The first kappa shape index (κ1) is 28.9. The smallest absolute Gasteiger partial charge is 0.119 e. The average molecular weight is 447 g/mol. The van der Waals surface area contributed by atoms with Crippen LogP contribution in [0.1, 0.15) is 166 Å². The molecule has 2 atom stereocenters. The minimum atomic E-state index is 0.290. The van der Waals surface area contributed by atoms with Crippen molar-refractivity contribution in [3.05, 3.63) is 23.3 Å². The van der Waals surface area contributed by atoms with Crippen molar-refractivity contribution in [1.29, 1.82) is 0 Å². The lowest BCUT2D eigenvalue weighted by molar-refractivity contribution is 0.429.